The summed E-state index contributed by atoms with van der Waals surface area (Å²) in [5.74, 6) is 1.68. The SMILES string of the molecule is COc1cccc(OCC(=O)OCc2cc(-c3ccco3)on2)c1. The zero-order chi connectivity index (χ0) is 16.8. The first kappa shape index (κ1) is 15.7. The number of esters is 1. The Hall–Kier alpha value is -3.22. The van der Waals surface area contributed by atoms with Crippen LogP contribution in [0.2, 0.25) is 0 Å². The summed E-state index contributed by atoms with van der Waals surface area (Å²) in [6.07, 6.45) is 1.54. The Morgan fingerprint density at radius 2 is 2.00 bits per heavy atom. The van der Waals surface area contributed by atoms with Crippen LogP contribution in [0.3, 0.4) is 0 Å². The molecule has 0 unspecified atom stereocenters. The Balaban J connectivity index is 1.47. The number of furan rings is 1. The van der Waals surface area contributed by atoms with Crippen LogP contribution in [-0.4, -0.2) is 24.8 Å². The van der Waals surface area contributed by atoms with Gasteiger partial charge in [-0.3, -0.25) is 0 Å². The van der Waals surface area contributed by atoms with Crippen molar-refractivity contribution in [3.05, 3.63) is 54.4 Å². The van der Waals surface area contributed by atoms with E-state index in [1.165, 1.54) is 6.26 Å². The first-order chi connectivity index (χ1) is 11.7. The van der Waals surface area contributed by atoms with Crippen LogP contribution in [0, 0.1) is 0 Å². The molecule has 0 aliphatic heterocycles. The first-order valence-electron chi connectivity index (χ1n) is 7.16. The van der Waals surface area contributed by atoms with E-state index in [9.17, 15) is 4.79 Å². The molecule has 7 nitrogen and oxygen atoms in total. The molecule has 0 aliphatic carbocycles. The average molecular weight is 329 g/mol. The van der Waals surface area contributed by atoms with Gasteiger partial charge in [0.1, 0.15) is 23.8 Å². The third kappa shape index (κ3) is 3.95. The number of carbonyl (C=O) groups is 1. The molecule has 24 heavy (non-hydrogen) atoms. The number of nitrogens with zero attached hydrogens (tertiary/aromatic N) is 1. The number of aromatic nitrogens is 1. The van der Waals surface area contributed by atoms with Gasteiger partial charge in [0.25, 0.3) is 0 Å². The topological polar surface area (TPSA) is 83.9 Å². The highest BCUT2D eigenvalue weighted by Crippen LogP contribution is 2.21. The fourth-order valence-electron chi connectivity index (χ4n) is 1.94. The van der Waals surface area contributed by atoms with Crippen molar-refractivity contribution in [1.29, 1.82) is 0 Å². The zero-order valence-electron chi connectivity index (χ0n) is 12.9. The van der Waals surface area contributed by atoms with Crippen molar-refractivity contribution in [1.82, 2.24) is 5.16 Å². The molecule has 0 spiro atoms. The van der Waals surface area contributed by atoms with Crippen molar-refractivity contribution in [3.63, 3.8) is 0 Å². The third-order valence-corrected chi connectivity index (χ3v) is 3.10. The molecule has 7 heteroatoms. The molecule has 0 saturated carbocycles. The van der Waals surface area contributed by atoms with E-state index in [0.717, 1.165) is 0 Å². The third-order valence-electron chi connectivity index (χ3n) is 3.10. The van der Waals surface area contributed by atoms with Crippen molar-refractivity contribution in [2.45, 2.75) is 6.61 Å². The summed E-state index contributed by atoms with van der Waals surface area (Å²) in [6.45, 7) is -0.222. The van der Waals surface area contributed by atoms with Gasteiger partial charge in [-0.2, -0.15) is 0 Å². The molecule has 0 fully saturated rings. The van der Waals surface area contributed by atoms with E-state index in [1.54, 1.807) is 49.6 Å². The molecule has 0 bridgehead atoms. The van der Waals surface area contributed by atoms with Crippen LogP contribution < -0.4 is 9.47 Å². The molecule has 0 saturated heterocycles. The lowest BCUT2D eigenvalue weighted by Gasteiger charge is -2.07. The van der Waals surface area contributed by atoms with E-state index in [4.69, 9.17) is 23.2 Å². The predicted molar refractivity (Wildman–Crippen MR) is 82.5 cm³/mol. The van der Waals surface area contributed by atoms with Gasteiger partial charge in [-0.05, 0) is 24.3 Å². The van der Waals surface area contributed by atoms with Crippen LogP contribution in [0.15, 0.2) is 57.7 Å². The van der Waals surface area contributed by atoms with Crippen molar-refractivity contribution in [3.8, 4) is 23.0 Å². The van der Waals surface area contributed by atoms with E-state index in [-0.39, 0.29) is 13.2 Å². The van der Waals surface area contributed by atoms with Gasteiger partial charge in [0.05, 0.1) is 13.4 Å². The van der Waals surface area contributed by atoms with Crippen LogP contribution in [0.1, 0.15) is 5.69 Å². The molecule has 3 rings (SSSR count). The minimum absolute atomic E-state index is 0.00941. The van der Waals surface area contributed by atoms with Gasteiger partial charge in [0, 0.05) is 12.1 Å². The number of methoxy groups -OCH3 is 1. The molecule has 0 N–H and O–H groups in total. The monoisotopic (exact) mass is 329 g/mol. The second-order valence-electron chi connectivity index (χ2n) is 4.79. The van der Waals surface area contributed by atoms with Gasteiger partial charge < -0.3 is 23.2 Å². The highest BCUT2D eigenvalue weighted by molar-refractivity contribution is 5.71. The van der Waals surface area contributed by atoms with E-state index < -0.39 is 5.97 Å². The largest absolute Gasteiger partial charge is 0.497 e. The lowest BCUT2D eigenvalue weighted by Crippen LogP contribution is -2.14. The number of hydrogen-bond donors (Lipinski definition) is 0. The molecule has 0 amide bonds. The van der Waals surface area contributed by atoms with Gasteiger partial charge in [-0.25, -0.2) is 4.79 Å². The summed E-state index contributed by atoms with van der Waals surface area (Å²) in [4.78, 5) is 11.7. The number of rotatable bonds is 7. The Morgan fingerprint density at radius 1 is 1.12 bits per heavy atom. The van der Waals surface area contributed by atoms with Crippen molar-refractivity contribution >= 4 is 5.97 Å². The zero-order valence-corrected chi connectivity index (χ0v) is 12.9. The summed E-state index contributed by atoms with van der Waals surface area (Å²) in [7, 11) is 1.56. The predicted octanol–water partition coefficient (Wildman–Crippen LogP) is 3.07. The normalized spacial score (nSPS) is 10.4. The van der Waals surface area contributed by atoms with E-state index >= 15 is 0 Å². The Labute approximate surface area is 137 Å². The van der Waals surface area contributed by atoms with E-state index in [2.05, 4.69) is 5.16 Å². The summed E-state index contributed by atoms with van der Waals surface area (Å²) in [5, 5.41) is 3.82. The van der Waals surface area contributed by atoms with Crippen LogP contribution in [0.4, 0.5) is 0 Å². The van der Waals surface area contributed by atoms with Crippen LogP contribution in [-0.2, 0) is 16.1 Å². The Bertz CT molecular complexity index is 793. The minimum Gasteiger partial charge on any atom is -0.497 e. The van der Waals surface area contributed by atoms with Crippen molar-refractivity contribution < 1.29 is 27.9 Å². The lowest BCUT2D eigenvalue weighted by molar-refractivity contribution is -0.147. The fourth-order valence-corrected chi connectivity index (χ4v) is 1.94. The summed E-state index contributed by atoms with van der Waals surface area (Å²) in [5.41, 5.74) is 0.483. The van der Waals surface area contributed by atoms with E-state index in [0.29, 0.717) is 28.7 Å². The molecule has 0 atom stereocenters. The molecule has 1 aromatic carbocycles. The Kier molecular flexibility index (Phi) is 4.81. The maximum atomic E-state index is 11.7. The van der Waals surface area contributed by atoms with Gasteiger partial charge in [-0.15, -0.1) is 0 Å². The number of carbonyl (C=O) groups excluding carboxylic acids is 1. The number of ether oxygens (including phenoxy) is 3. The second-order valence-corrected chi connectivity index (χ2v) is 4.79. The van der Waals surface area contributed by atoms with Crippen molar-refractivity contribution in [2.75, 3.05) is 13.7 Å². The summed E-state index contributed by atoms with van der Waals surface area (Å²) < 4.78 is 25.8. The van der Waals surface area contributed by atoms with Gasteiger partial charge in [-0.1, -0.05) is 11.2 Å². The Morgan fingerprint density at radius 3 is 2.79 bits per heavy atom. The van der Waals surface area contributed by atoms with Crippen molar-refractivity contribution in [2.24, 2.45) is 0 Å². The highest BCUT2D eigenvalue weighted by Gasteiger charge is 2.11. The second kappa shape index (κ2) is 7.36. The molecular weight excluding hydrogens is 314 g/mol. The van der Waals surface area contributed by atoms with Crippen LogP contribution >= 0.6 is 0 Å². The van der Waals surface area contributed by atoms with Crippen LogP contribution in [0.5, 0.6) is 11.5 Å². The maximum absolute atomic E-state index is 11.7. The lowest BCUT2D eigenvalue weighted by atomic mass is 10.3. The van der Waals surface area contributed by atoms with E-state index in [1.807, 2.05) is 0 Å². The maximum Gasteiger partial charge on any atom is 0.344 e. The highest BCUT2D eigenvalue weighted by atomic mass is 16.6. The number of hydrogen-bond acceptors (Lipinski definition) is 7. The molecule has 2 heterocycles. The molecule has 3 aromatic rings. The minimum atomic E-state index is -0.514. The first-order valence-corrected chi connectivity index (χ1v) is 7.16. The van der Waals surface area contributed by atoms with Gasteiger partial charge in [0.2, 0.25) is 5.76 Å². The average Bonchev–Trinajstić information content (AvgIpc) is 3.29. The molecule has 0 aliphatic rings. The fraction of sp³-hybridized carbons (Fsp3) is 0.176. The van der Waals surface area contributed by atoms with Crippen LogP contribution in [0.25, 0.3) is 11.5 Å². The standard InChI is InChI=1S/C17H15NO6/c1-20-13-4-2-5-14(9-13)22-11-17(19)23-10-12-8-16(24-18-12)15-6-3-7-21-15/h2-9H,10-11H2,1H3. The molecule has 2 aromatic heterocycles. The summed E-state index contributed by atoms with van der Waals surface area (Å²) >= 11 is 0. The van der Waals surface area contributed by atoms with Gasteiger partial charge in [0.15, 0.2) is 12.4 Å². The quantitative estimate of drug-likeness (QED) is 0.616. The number of benzene rings is 1. The summed E-state index contributed by atoms with van der Waals surface area (Å²) in [6, 6.07) is 12.1. The molecule has 124 valence electrons. The smallest absolute Gasteiger partial charge is 0.344 e. The molecule has 0 radical (unpaired) electrons. The molecular formula is C17H15NO6. The van der Waals surface area contributed by atoms with Gasteiger partial charge >= 0.3 is 5.97 Å².